The topological polar surface area (TPSA) is 122 Å². The van der Waals surface area contributed by atoms with Crippen molar-refractivity contribution in [3.05, 3.63) is 57.6 Å². The van der Waals surface area contributed by atoms with Gasteiger partial charge in [-0.05, 0) is 43.8 Å². The van der Waals surface area contributed by atoms with Gasteiger partial charge < -0.3 is 14.9 Å². The van der Waals surface area contributed by atoms with E-state index in [9.17, 15) is 23.4 Å². The summed E-state index contributed by atoms with van der Waals surface area (Å²) >= 11 is 8.25. The van der Waals surface area contributed by atoms with Gasteiger partial charge in [-0.25, -0.2) is 13.4 Å². The molecular weight excluding hydrogens is 538 g/mol. The first-order valence-electron chi connectivity index (χ1n) is 11.4. The fourth-order valence-electron chi connectivity index (χ4n) is 4.42. The Labute approximate surface area is 222 Å². The van der Waals surface area contributed by atoms with Gasteiger partial charge in [-0.15, -0.1) is 11.3 Å². The molecule has 1 aliphatic rings. The number of likely N-dealkylation sites (N-methyl/N-ethyl adjacent to an activating group) is 1. The van der Waals surface area contributed by atoms with Crippen molar-refractivity contribution in [1.82, 2.24) is 14.5 Å². The monoisotopic (exact) mass is 561 g/mol. The normalized spacial score (nSPS) is 14.7. The Hall–Kier alpha value is -3.12. The van der Waals surface area contributed by atoms with Gasteiger partial charge in [-0.3, -0.25) is 14.3 Å². The highest BCUT2D eigenvalue weighted by Crippen LogP contribution is 2.45. The first-order chi connectivity index (χ1) is 17.5. The number of sulfone groups is 1. The maximum atomic E-state index is 12.3. The minimum absolute atomic E-state index is 0.00748. The number of thiophene rings is 1. The van der Waals surface area contributed by atoms with E-state index in [1.54, 1.807) is 43.3 Å². The van der Waals surface area contributed by atoms with Crippen molar-refractivity contribution < 1.29 is 28.2 Å². The van der Waals surface area contributed by atoms with Gasteiger partial charge in [0.1, 0.15) is 10.6 Å². The van der Waals surface area contributed by atoms with E-state index in [1.165, 1.54) is 28.0 Å². The number of aromatic nitrogens is 2. The fourth-order valence-corrected chi connectivity index (χ4v) is 7.77. The molecule has 0 aliphatic carbocycles. The summed E-state index contributed by atoms with van der Waals surface area (Å²) in [6.07, 6.45) is 0.363. The molecule has 194 valence electrons. The Morgan fingerprint density at radius 2 is 1.84 bits per heavy atom. The number of fused-ring (bicyclic) bond motifs is 3. The Morgan fingerprint density at radius 3 is 2.49 bits per heavy atom. The molecule has 0 atom stereocenters. The number of ether oxygens (including phenoxy) is 1. The predicted molar refractivity (Wildman–Crippen MR) is 142 cm³/mol. The molecule has 0 bridgehead atoms. The van der Waals surface area contributed by atoms with Gasteiger partial charge >= 0.3 is 5.97 Å². The van der Waals surface area contributed by atoms with E-state index < -0.39 is 9.84 Å². The van der Waals surface area contributed by atoms with Gasteiger partial charge in [0.15, 0.2) is 21.6 Å². The van der Waals surface area contributed by atoms with Gasteiger partial charge in [-0.2, -0.15) is 0 Å². The molecule has 0 radical (unpaired) electrons. The summed E-state index contributed by atoms with van der Waals surface area (Å²) in [5.41, 5.74) is 2.74. The molecule has 0 saturated carbocycles. The zero-order valence-corrected chi connectivity index (χ0v) is 22.5. The minimum atomic E-state index is -3.19. The molecule has 0 saturated heterocycles. The van der Waals surface area contributed by atoms with E-state index in [4.69, 9.17) is 21.3 Å². The Balaban J connectivity index is 1.64. The smallest absolute Gasteiger partial charge is 0.325 e. The summed E-state index contributed by atoms with van der Waals surface area (Å²) in [4.78, 5) is 19.9. The predicted octanol–water partition coefficient (Wildman–Crippen LogP) is 3.82. The highest BCUT2D eigenvalue weighted by molar-refractivity contribution is 7.90. The van der Waals surface area contributed by atoms with E-state index in [1.807, 2.05) is 0 Å². The Morgan fingerprint density at radius 1 is 1.16 bits per heavy atom. The third-order valence-electron chi connectivity index (χ3n) is 6.11. The van der Waals surface area contributed by atoms with Crippen molar-refractivity contribution >= 4 is 49.0 Å². The molecule has 2 N–H and O–H groups in total. The second kappa shape index (κ2) is 9.64. The molecule has 3 aromatic heterocycles. The molecule has 0 spiro atoms. The molecule has 37 heavy (non-hydrogen) atoms. The van der Waals surface area contributed by atoms with Gasteiger partial charge in [-0.1, -0.05) is 23.7 Å². The SMILES string of the molecule is CN(C)CC(=O)Oc1ccc(-c2c(Cl)c(Cn3c(O)ccc3O)nc3sc4c(c23)CCS(=O)(=O)C4)cc1. The molecule has 1 aromatic carbocycles. The van der Waals surface area contributed by atoms with Crippen LogP contribution >= 0.6 is 22.9 Å². The van der Waals surface area contributed by atoms with Crippen molar-refractivity contribution in [2.45, 2.75) is 18.7 Å². The summed E-state index contributed by atoms with van der Waals surface area (Å²) in [5, 5.41) is 21.4. The quantitative estimate of drug-likeness (QED) is 0.269. The molecular formula is C25H24ClN3O6S2. The van der Waals surface area contributed by atoms with Crippen LogP contribution in [0.2, 0.25) is 5.02 Å². The molecule has 9 nitrogen and oxygen atoms in total. The highest BCUT2D eigenvalue weighted by Gasteiger charge is 2.29. The lowest BCUT2D eigenvalue weighted by atomic mass is 9.97. The summed E-state index contributed by atoms with van der Waals surface area (Å²) in [6, 6.07) is 9.67. The number of nitrogens with zero attached hydrogens (tertiary/aromatic N) is 3. The van der Waals surface area contributed by atoms with Crippen LogP contribution in [0.3, 0.4) is 0 Å². The van der Waals surface area contributed by atoms with E-state index in [0.717, 1.165) is 21.4 Å². The standard InChI is InChI=1S/C25H24ClN3O6S2/c1-28(2)12-21(32)35-15-5-3-14(4-6-15)22-23-16-9-10-37(33,34)13-18(16)36-25(23)27-17(24(22)26)11-29-19(30)7-8-20(29)31/h3-8,30-31H,9-13H2,1-2H3. The minimum Gasteiger partial charge on any atom is -0.494 e. The molecule has 0 amide bonds. The lowest BCUT2D eigenvalue weighted by Gasteiger charge is -2.16. The number of halogens is 1. The third-order valence-corrected chi connectivity index (χ3v) is 9.38. The van der Waals surface area contributed by atoms with Crippen LogP contribution in [0.15, 0.2) is 36.4 Å². The van der Waals surface area contributed by atoms with Crippen molar-refractivity contribution in [3.8, 4) is 28.6 Å². The van der Waals surface area contributed by atoms with Crippen LogP contribution < -0.4 is 4.74 Å². The number of esters is 1. The Bertz CT molecular complexity index is 1610. The highest BCUT2D eigenvalue weighted by atomic mass is 35.5. The lowest BCUT2D eigenvalue weighted by Crippen LogP contribution is -2.25. The van der Waals surface area contributed by atoms with Crippen molar-refractivity contribution in [1.29, 1.82) is 0 Å². The van der Waals surface area contributed by atoms with Gasteiger partial charge in [0.25, 0.3) is 0 Å². The van der Waals surface area contributed by atoms with Crippen LogP contribution in [0.25, 0.3) is 21.3 Å². The molecule has 4 heterocycles. The average molecular weight is 562 g/mol. The largest absolute Gasteiger partial charge is 0.494 e. The molecule has 1 aliphatic heterocycles. The molecule has 12 heteroatoms. The number of aromatic hydroxyl groups is 2. The molecule has 5 rings (SSSR count). The molecule has 0 fully saturated rings. The number of aryl methyl sites for hydroxylation is 1. The number of benzene rings is 1. The van der Waals surface area contributed by atoms with Gasteiger partial charge in [0.2, 0.25) is 0 Å². The Kier molecular flexibility index (Phi) is 6.65. The number of carbonyl (C=O) groups is 1. The number of pyridine rings is 1. The lowest BCUT2D eigenvalue weighted by molar-refractivity contribution is -0.135. The fraction of sp³-hybridized carbons (Fsp3) is 0.280. The zero-order chi connectivity index (χ0) is 26.5. The first kappa shape index (κ1) is 25.5. The number of hydrogen-bond donors (Lipinski definition) is 2. The number of hydrogen-bond acceptors (Lipinski definition) is 9. The van der Waals surface area contributed by atoms with E-state index >= 15 is 0 Å². The average Bonchev–Trinajstić information content (AvgIpc) is 3.32. The molecule has 0 unspecified atom stereocenters. The van der Waals surface area contributed by atoms with Crippen LogP contribution in [-0.4, -0.2) is 65.4 Å². The van der Waals surface area contributed by atoms with Gasteiger partial charge in [0, 0.05) is 28.0 Å². The first-order valence-corrected chi connectivity index (χ1v) is 14.4. The summed E-state index contributed by atoms with van der Waals surface area (Å²) in [7, 11) is 0.361. The summed E-state index contributed by atoms with van der Waals surface area (Å²) in [6.45, 7) is 0.151. The summed E-state index contributed by atoms with van der Waals surface area (Å²) < 4.78 is 31.3. The third kappa shape index (κ3) is 5.04. The zero-order valence-electron chi connectivity index (χ0n) is 20.1. The summed E-state index contributed by atoms with van der Waals surface area (Å²) in [5.74, 6) is -0.275. The van der Waals surface area contributed by atoms with Crippen molar-refractivity contribution in [2.24, 2.45) is 0 Å². The molecule has 4 aromatic rings. The van der Waals surface area contributed by atoms with Crippen molar-refractivity contribution in [2.75, 3.05) is 26.4 Å². The maximum absolute atomic E-state index is 12.3. The maximum Gasteiger partial charge on any atom is 0.325 e. The number of carbonyl (C=O) groups excluding carboxylic acids is 1. The van der Waals surface area contributed by atoms with Crippen LogP contribution in [0.4, 0.5) is 0 Å². The van der Waals surface area contributed by atoms with E-state index in [0.29, 0.717) is 33.3 Å². The van der Waals surface area contributed by atoms with E-state index in [-0.39, 0.29) is 42.3 Å². The second-order valence-electron chi connectivity index (χ2n) is 9.15. The second-order valence-corrected chi connectivity index (χ2v) is 12.8. The van der Waals surface area contributed by atoms with Crippen LogP contribution in [0.1, 0.15) is 16.1 Å². The number of rotatable bonds is 6. The van der Waals surface area contributed by atoms with Crippen LogP contribution in [-0.2, 0) is 33.4 Å². The van der Waals surface area contributed by atoms with Crippen LogP contribution in [0, 0.1) is 0 Å². The van der Waals surface area contributed by atoms with E-state index in [2.05, 4.69) is 0 Å². The van der Waals surface area contributed by atoms with Crippen LogP contribution in [0.5, 0.6) is 17.5 Å². The van der Waals surface area contributed by atoms with Crippen molar-refractivity contribution in [3.63, 3.8) is 0 Å². The van der Waals surface area contributed by atoms with Gasteiger partial charge in [0.05, 0.1) is 35.3 Å².